The van der Waals surface area contributed by atoms with Gasteiger partial charge in [0.15, 0.2) is 0 Å². The molecule has 1 saturated heterocycles. The first kappa shape index (κ1) is 18.9. The van der Waals surface area contributed by atoms with Gasteiger partial charge in [0.05, 0.1) is 19.8 Å². The van der Waals surface area contributed by atoms with E-state index in [9.17, 15) is 4.79 Å². The molecule has 1 atom stereocenters. The summed E-state index contributed by atoms with van der Waals surface area (Å²) in [4.78, 5) is 14.9. The second kappa shape index (κ2) is 9.14. The molecule has 134 valence electrons. The highest BCUT2D eigenvalue weighted by Crippen LogP contribution is 2.46. The number of likely N-dealkylation sites (tertiary alicyclic amines) is 1. The number of aliphatic hydroxyl groups is 1. The number of Topliss-reactive ketones (excluding diaryl/α,β-unsaturated/α-hetero) is 1. The number of hydrogen-bond donors (Lipinski definition) is 1. The summed E-state index contributed by atoms with van der Waals surface area (Å²) in [6.45, 7) is 8.78. The summed E-state index contributed by atoms with van der Waals surface area (Å²) in [7, 11) is 0. The molecular weight excluding hydrogens is 290 g/mol. The van der Waals surface area contributed by atoms with Crippen LogP contribution in [0.15, 0.2) is 0 Å². The molecule has 1 aliphatic heterocycles. The van der Waals surface area contributed by atoms with Crippen LogP contribution in [0.1, 0.15) is 58.8 Å². The third-order valence-corrected chi connectivity index (χ3v) is 6.25. The van der Waals surface area contributed by atoms with Gasteiger partial charge in [0.25, 0.3) is 0 Å². The van der Waals surface area contributed by atoms with Crippen molar-refractivity contribution in [3.05, 3.63) is 0 Å². The van der Waals surface area contributed by atoms with Crippen LogP contribution in [0.25, 0.3) is 0 Å². The number of hydrogen-bond acceptors (Lipinski definition) is 4. The van der Waals surface area contributed by atoms with Crippen molar-refractivity contribution < 1.29 is 14.6 Å². The van der Waals surface area contributed by atoms with Gasteiger partial charge in [-0.15, -0.1) is 0 Å². The van der Waals surface area contributed by atoms with Crippen LogP contribution >= 0.6 is 0 Å². The molecule has 0 aromatic rings. The van der Waals surface area contributed by atoms with Crippen LogP contribution in [-0.2, 0) is 9.53 Å². The smallest absolute Gasteiger partial charge is 0.138 e. The Labute approximate surface area is 141 Å². The van der Waals surface area contributed by atoms with E-state index in [-0.39, 0.29) is 12.5 Å². The maximum absolute atomic E-state index is 12.4. The Morgan fingerprint density at radius 1 is 1.22 bits per heavy atom. The molecule has 0 radical (unpaired) electrons. The highest BCUT2D eigenvalue weighted by molar-refractivity contribution is 5.83. The molecule has 0 bridgehead atoms. The van der Waals surface area contributed by atoms with Crippen molar-refractivity contribution in [3.63, 3.8) is 0 Å². The lowest BCUT2D eigenvalue weighted by Gasteiger charge is -2.46. The van der Waals surface area contributed by atoms with Gasteiger partial charge < -0.3 is 14.7 Å². The molecule has 1 N–H and O–H groups in total. The molecule has 0 aromatic carbocycles. The molecule has 2 fully saturated rings. The van der Waals surface area contributed by atoms with Crippen LogP contribution in [0.4, 0.5) is 0 Å². The summed E-state index contributed by atoms with van der Waals surface area (Å²) >= 11 is 0. The average molecular weight is 325 g/mol. The van der Waals surface area contributed by atoms with Crippen molar-refractivity contribution in [2.45, 2.75) is 58.8 Å². The van der Waals surface area contributed by atoms with Crippen LogP contribution in [-0.4, -0.2) is 55.2 Å². The van der Waals surface area contributed by atoms with Crippen LogP contribution in [0.5, 0.6) is 0 Å². The van der Waals surface area contributed by atoms with Crippen molar-refractivity contribution in [3.8, 4) is 0 Å². The Kier molecular flexibility index (Phi) is 7.51. The molecular formula is C19H35NO3. The summed E-state index contributed by atoms with van der Waals surface area (Å²) in [5.41, 5.74) is 0.509. The van der Waals surface area contributed by atoms with Gasteiger partial charge in [-0.2, -0.15) is 0 Å². The van der Waals surface area contributed by atoms with Gasteiger partial charge in [-0.25, -0.2) is 0 Å². The van der Waals surface area contributed by atoms with Gasteiger partial charge in [0.1, 0.15) is 5.78 Å². The fraction of sp³-hybridized carbons (Fsp3) is 0.947. The number of carbonyl (C=O) groups excluding carboxylic acids is 1. The molecule has 4 heteroatoms. The van der Waals surface area contributed by atoms with Gasteiger partial charge >= 0.3 is 0 Å². The monoisotopic (exact) mass is 325 g/mol. The summed E-state index contributed by atoms with van der Waals surface area (Å²) in [6.07, 6.45) is 8.25. The van der Waals surface area contributed by atoms with E-state index in [1.54, 1.807) is 0 Å². The summed E-state index contributed by atoms with van der Waals surface area (Å²) < 4.78 is 5.37. The Morgan fingerprint density at radius 3 is 2.43 bits per heavy atom. The van der Waals surface area contributed by atoms with Crippen molar-refractivity contribution >= 4 is 5.78 Å². The molecule has 4 nitrogen and oxygen atoms in total. The number of carbonyl (C=O) groups is 1. The fourth-order valence-electron chi connectivity index (χ4n) is 4.23. The Balaban J connectivity index is 1.70. The lowest BCUT2D eigenvalue weighted by atomic mass is 9.64. The zero-order valence-electron chi connectivity index (χ0n) is 15.1. The first-order chi connectivity index (χ1) is 11.1. The molecule has 1 aliphatic carbocycles. The number of ether oxygens (including phenoxy) is 1. The average Bonchev–Trinajstić information content (AvgIpc) is 2.60. The maximum atomic E-state index is 12.4. The lowest BCUT2D eigenvalue weighted by molar-refractivity contribution is -0.128. The molecule has 2 rings (SSSR count). The molecule has 2 aliphatic rings. The van der Waals surface area contributed by atoms with E-state index in [1.807, 2.05) is 0 Å². The third kappa shape index (κ3) is 5.27. The minimum Gasteiger partial charge on any atom is -0.394 e. The maximum Gasteiger partial charge on any atom is 0.138 e. The van der Waals surface area contributed by atoms with Gasteiger partial charge in [0.2, 0.25) is 0 Å². The number of ketones is 1. The van der Waals surface area contributed by atoms with Gasteiger partial charge in [-0.3, -0.25) is 4.79 Å². The van der Waals surface area contributed by atoms with Gasteiger partial charge in [0, 0.05) is 18.4 Å². The van der Waals surface area contributed by atoms with E-state index in [0.29, 0.717) is 23.7 Å². The van der Waals surface area contributed by atoms with E-state index in [0.717, 1.165) is 45.5 Å². The Morgan fingerprint density at radius 2 is 1.87 bits per heavy atom. The lowest BCUT2D eigenvalue weighted by Crippen LogP contribution is -2.43. The topological polar surface area (TPSA) is 49.8 Å². The van der Waals surface area contributed by atoms with E-state index in [1.165, 1.54) is 25.7 Å². The van der Waals surface area contributed by atoms with Crippen molar-refractivity contribution in [1.29, 1.82) is 0 Å². The predicted molar refractivity (Wildman–Crippen MR) is 92.4 cm³/mol. The Hall–Kier alpha value is -0.450. The van der Waals surface area contributed by atoms with E-state index >= 15 is 0 Å². The summed E-state index contributed by atoms with van der Waals surface area (Å²) in [6, 6.07) is 0. The highest BCUT2D eigenvalue weighted by Gasteiger charge is 2.39. The van der Waals surface area contributed by atoms with Crippen LogP contribution in [0.3, 0.4) is 0 Å². The molecule has 0 aromatic heterocycles. The minimum atomic E-state index is 0.111. The van der Waals surface area contributed by atoms with Crippen molar-refractivity contribution in [2.24, 2.45) is 17.3 Å². The Bertz CT molecular complexity index is 354. The number of nitrogens with zero attached hydrogens (tertiary/aromatic N) is 1. The van der Waals surface area contributed by atoms with Crippen LogP contribution in [0, 0.1) is 17.3 Å². The van der Waals surface area contributed by atoms with Crippen LogP contribution < -0.4 is 0 Å². The largest absolute Gasteiger partial charge is 0.394 e. The summed E-state index contributed by atoms with van der Waals surface area (Å²) in [5, 5.41) is 8.72. The zero-order valence-corrected chi connectivity index (χ0v) is 15.1. The second-order valence-electron chi connectivity index (χ2n) is 7.66. The van der Waals surface area contributed by atoms with Gasteiger partial charge in [-0.05, 0) is 63.5 Å². The summed E-state index contributed by atoms with van der Waals surface area (Å²) in [5.74, 6) is 1.09. The molecule has 1 heterocycles. The molecule has 23 heavy (non-hydrogen) atoms. The standard InChI is InChI=1S/C19H35NO3/c1-3-16(2)18(22)17-4-6-19(7-5-17)8-10-20(11-9-19)12-14-23-15-13-21/h16-17,21H,3-15H2,1-2H3. The highest BCUT2D eigenvalue weighted by atomic mass is 16.5. The normalized spacial score (nSPS) is 24.0. The number of rotatable bonds is 8. The first-order valence-corrected chi connectivity index (χ1v) is 9.55. The van der Waals surface area contributed by atoms with Crippen LogP contribution in [0.2, 0.25) is 0 Å². The molecule has 0 amide bonds. The quantitative estimate of drug-likeness (QED) is 0.697. The minimum absolute atomic E-state index is 0.111. The van der Waals surface area contributed by atoms with E-state index < -0.39 is 0 Å². The van der Waals surface area contributed by atoms with Crippen molar-refractivity contribution in [2.75, 3.05) is 39.5 Å². The zero-order chi connectivity index (χ0) is 16.7. The third-order valence-electron chi connectivity index (χ3n) is 6.25. The molecule has 1 spiro atoms. The second-order valence-corrected chi connectivity index (χ2v) is 7.66. The molecule has 1 saturated carbocycles. The van der Waals surface area contributed by atoms with E-state index in [4.69, 9.17) is 9.84 Å². The van der Waals surface area contributed by atoms with Crippen molar-refractivity contribution in [1.82, 2.24) is 4.90 Å². The predicted octanol–water partition coefficient (Wildman–Crippen LogP) is 2.88. The number of aliphatic hydroxyl groups excluding tert-OH is 1. The SMILES string of the molecule is CCC(C)C(=O)C1CCC2(CC1)CCN(CCOCCO)CC2. The first-order valence-electron chi connectivity index (χ1n) is 9.55. The number of piperidine rings is 1. The van der Waals surface area contributed by atoms with Gasteiger partial charge in [-0.1, -0.05) is 13.8 Å². The fourth-order valence-corrected chi connectivity index (χ4v) is 4.23. The molecule has 1 unspecified atom stereocenters. The van der Waals surface area contributed by atoms with E-state index in [2.05, 4.69) is 18.7 Å².